The molecule has 0 spiro atoms. The Hall–Kier alpha value is -4.08. The zero-order valence-corrected chi connectivity index (χ0v) is 31.9. The van der Waals surface area contributed by atoms with E-state index in [2.05, 4.69) is 25.2 Å². The molecule has 1 N–H and O–H groups in total. The van der Waals surface area contributed by atoms with Crippen LogP contribution < -0.4 is 15.0 Å². The molecule has 1 saturated carbocycles. The average Bonchev–Trinajstić information content (AvgIpc) is 3.18. The first kappa shape index (κ1) is 40.6. The Labute approximate surface area is 323 Å². The fourth-order valence-corrected chi connectivity index (χ4v) is 8.76. The molecule has 3 fully saturated rings. The molecule has 1 aromatic carbocycles. The number of sulfonamides is 1. The van der Waals surface area contributed by atoms with Crippen molar-refractivity contribution in [2.75, 3.05) is 75.0 Å². The number of pyridine rings is 1. The van der Waals surface area contributed by atoms with Crippen molar-refractivity contribution in [3.8, 4) is 11.8 Å². The number of hydrogen-bond donors (Lipinski definition) is 1. The molecule has 296 valence electrons. The third-order valence-electron chi connectivity index (χ3n) is 10.5. The van der Waals surface area contributed by atoms with E-state index in [1.54, 1.807) is 35.5 Å². The lowest BCUT2D eigenvalue weighted by Crippen LogP contribution is -2.49. The van der Waals surface area contributed by atoms with Crippen LogP contribution in [0.4, 0.5) is 24.7 Å². The highest BCUT2D eigenvalue weighted by Gasteiger charge is 2.42. The highest BCUT2D eigenvalue weighted by atomic mass is 35.5. The minimum Gasteiger partial charge on any atom is -0.477 e. The number of halogens is 4. The molecule has 0 bridgehead atoms. The summed E-state index contributed by atoms with van der Waals surface area (Å²) in [5.74, 6) is 0.507. The lowest BCUT2D eigenvalue weighted by molar-refractivity contribution is -0.137. The number of aromatic nitrogens is 3. The van der Waals surface area contributed by atoms with Gasteiger partial charge in [-0.05, 0) is 69.8 Å². The summed E-state index contributed by atoms with van der Waals surface area (Å²) in [7, 11) is -3.58. The van der Waals surface area contributed by atoms with Crippen LogP contribution in [0.1, 0.15) is 67.7 Å². The largest absolute Gasteiger partial charge is 0.477 e. The van der Waals surface area contributed by atoms with Gasteiger partial charge in [-0.1, -0.05) is 18.0 Å². The molecule has 13 nitrogen and oxygen atoms in total. The number of likely N-dealkylation sites (tertiary alicyclic amines) is 1. The molecule has 1 aliphatic carbocycles. The van der Waals surface area contributed by atoms with Gasteiger partial charge in [0.15, 0.2) is 11.4 Å². The van der Waals surface area contributed by atoms with Gasteiger partial charge in [-0.2, -0.15) is 22.7 Å². The number of nitrogens with zero attached hydrogens (tertiary/aromatic N) is 7. The van der Waals surface area contributed by atoms with Crippen LogP contribution in [0, 0.1) is 11.3 Å². The molecule has 1 amide bonds. The smallest absolute Gasteiger partial charge is 0.417 e. The van der Waals surface area contributed by atoms with E-state index in [-0.39, 0.29) is 55.4 Å². The topological polar surface area (TPSA) is 154 Å². The highest BCUT2D eigenvalue weighted by Crippen LogP contribution is 2.36. The Morgan fingerprint density at radius 3 is 2.38 bits per heavy atom. The maximum absolute atomic E-state index is 13.6. The number of nitriles is 1. The van der Waals surface area contributed by atoms with E-state index in [1.165, 1.54) is 10.5 Å². The molecular weight excluding hydrogens is 761 g/mol. The number of hydrogen-bond acceptors (Lipinski definition) is 11. The van der Waals surface area contributed by atoms with Gasteiger partial charge < -0.3 is 24.6 Å². The van der Waals surface area contributed by atoms with E-state index >= 15 is 0 Å². The number of alkyl halides is 3. The van der Waals surface area contributed by atoms with Crippen molar-refractivity contribution < 1.29 is 35.9 Å². The summed E-state index contributed by atoms with van der Waals surface area (Å²) in [6.07, 6.45) is 6.40. The Balaban J connectivity index is 0.895. The second-order valence-corrected chi connectivity index (χ2v) is 16.5. The summed E-state index contributed by atoms with van der Waals surface area (Å²) < 4.78 is 78.4. The molecule has 6 rings (SSSR count). The fourth-order valence-electron chi connectivity index (χ4n) is 7.24. The van der Waals surface area contributed by atoms with Crippen molar-refractivity contribution in [1.82, 2.24) is 24.2 Å². The van der Waals surface area contributed by atoms with Gasteiger partial charge >= 0.3 is 6.18 Å². The van der Waals surface area contributed by atoms with Crippen LogP contribution in [0.25, 0.3) is 0 Å². The quantitative estimate of drug-likeness (QED) is 0.219. The SMILES string of the molecule is N#Cc1ccc(OC2(C(=O)Nc3cnc(C4CCN(CCOCCS(=O)(=O)N5CCN(c6cncc(C(F)(F)F)c6)CC5)CC4)cn3)CCCCC2)cc1Cl. The normalized spacial score (nSPS) is 18.8. The molecule has 2 aliphatic heterocycles. The number of benzene rings is 1. The van der Waals surface area contributed by atoms with E-state index < -0.39 is 27.4 Å². The fraction of sp³-hybridized carbons (Fsp3) is 0.541. The second-order valence-electron chi connectivity index (χ2n) is 14.1. The second kappa shape index (κ2) is 17.8. The number of nitrogens with one attached hydrogen (secondary N) is 1. The average molecular weight is 805 g/mol. The molecule has 3 aromatic rings. The van der Waals surface area contributed by atoms with Crippen LogP contribution in [0.5, 0.6) is 5.75 Å². The molecule has 0 atom stereocenters. The monoisotopic (exact) mass is 804 g/mol. The summed E-state index contributed by atoms with van der Waals surface area (Å²) in [6.45, 7) is 3.59. The number of carbonyl (C=O) groups excluding carboxylic acids is 1. The summed E-state index contributed by atoms with van der Waals surface area (Å²) in [6, 6.07) is 7.85. The number of rotatable bonds is 13. The summed E-state index contributed by atoms with van der Waals surface area (Å²) >= 11 is 6.22. The first-order valence-electron chi connectivity index (χ1n) is 18.4. The first-order chi connectivity index (χ1) is 26.3. The predicted molar refractivity (Wildman–Crippen MR) is 199 cm³/mol. The Bertz CT molecular complexity index is 1930. The van der Waals surface area contributed by atoms with Crippen molar-refractivity contribution in [3.05, 3.63) is 70.9 Å². The minimum atomic E-state index is -4.50. The zero-order valence-electron chi connectivity index (χ0n) is 30.3. The van der Waals surface area contributed by atoms with Crippen LogP contribution in [0.2, 0.25) is 5.02 Å². The molecule has 2 saturated heterocycles. The van der Waals surface area contributed by atoms with E-state index in [4.69, 9.17) is 21.1 Å². The summed E-state index contributed by atoms with van der Waals surface area (Å²) in [5, 5.41) is 12.4. The molecule has 0 unspecified atom stereocenters. The molecule has 18 heteroatoms. The maximum atomic E-state index is 13.6. The number of carbonyl (C=O) groups is 1. The molecule has 0 radical (unpaired) electrons. The van der Waals surface area contributed by atoms with Crippen LogP contribution in [-0.2, 0) is 25.7 Å². The van der Waals surface area contributed by atoms with E-state index in [0.29, 0.717) is 48.8 Å². The van der Waals surface area contributed by atoms with Gasteiger partial charge in [-0.25, -0.2) is 13.4 Å². The van der Waals surface area contributed by atoms with Crippen molar-refractivity contribution in [3.63, 3.8) is 0 Å². The van der Waals surface area contributed by atoms with Crippen LogP contribution in [0.3, 0.4) is 0 Å². The van der Waals surface area contributed by atoms with Gasteiger partial charge in [0.1, 0.15) is 11.8 Å². The molecule has 55 heavy (non-hydrogen) atoms. The van der Waals surface area contributed by atoms with Crippen molar-refractivity contribution in [1.29, 1.82) is 5.26 Å². The minimum absolute atomic E-state index is 0.0477. The Morgan fingerprint density at radius 2 is 1.73 bits per heavy atom. The van der Waals surface area contributed by atoms with Gasteiger partial charge in [0.25, 0.3) is 5.91 Å². The molecule has 4 heterocycles. The van der Waals surface area contributed by atoms with Crippen molar-refractivity contribution in [2.24, 2.45) is 0 Å². The standard InChI is InChI=1S/C37H44ClF3N8O5S/c38-32-21-31(5-4-28(32)22-42)54-36(8-2-1-3-9-36)35(50)46-34-26-44-33(25-45-34)27-6-10-47(11-7-27)16-17-53-18-19-55(51,52)49-14-12-48(13-15-49)30-20-29(23-43-24-30)37(39,40)41/h4-5,20-21,23-27H,1-3,6-19H2,(H,45,46,50). The number of anilines is 2. The van der Waals surface area contributed by atoms with Gasteiger partial charge in [-0.3, -0.25) is 14.8 Å². The Kier molecular flexibility index (Phi) is 13.1. The van der Waals surface area contributed by atoms with Crippen molar-refractivity contribution in [2.45, 2.75) is 62.6 Å². The van der Waals surface area contributed by atoms with Gasteiger partial charge in [0.2, 0.25) is 10.0 Å². The highest BCUT2D eigenvalue weighted by molar-refractivity contribution is 7.89. The van der Waals surface area contributed by atoms with E-state index in [1.807, 2.05) is 6.07 Å². The molecular formula is C37H44ClF3N8O5S. The van der Waals surface area contributed by atoms with Gasteiger partial charge in [0.05, 0.1) is 65.1 Å². The number of amides is 1. The summed E-state index contributed by atoms with van der Waals surface area (Å²) in [4.78, 5) is 30.4. The van der Waals surface area contributed by atoms with E-state index in [0.717, 1.165) is 63.2 Å². The molecule has 3 aliphatic rings. The van der Waals surface area contributed by atoms with Crippen LogP contribution in [-0.4, -0.2) is 109 Å². The third kappa shape index (κ3) is 10.4. The van der Waals surface area contributed by atoms with Gasteiger partial charge in [-0.15, -0.1) is 0 Å². The lowest BCUT2D eigenvalue weighted by Gasteiger charge is -2.36. The molecule has 2 aromatic heterocycles. The number of ether oxygens (including phenoxy) is 2. The van der Waals surface area contributed by atoms with E-state index in [9.17, 15) is 31.6 Å². The lowest BCUT2D eigenvalue weighted by atomic mass is 9.83. The zero-order chi connectivity index (χ0) is 39.1. The predicted octanol–water partition coefficient (Wildman–Crippen LogP) is 5.48. The third-order valence-corrected chi connectivity index (χ3v) is 12.6. The maximum Gasteiger partial charge on any atom is 0.417 e. The van der Waals surface area contributed by atoms with Crippen LogP contribution in [0.15, 0.2) is 49.1 Å². The summed E-state index contributed by atoms with van der Waals surface area (Å²) in [5.41, 5.74) is -0.429. The van der Waals surface area contributed by atoms with Gasteiger partial charge in [0, 0.05) is 50.9 Å². The van der Waals surface area contributed by atoms with Crippen LogP contribution >= 0.6 is 11.6 Å². The number of piperidine rings is 1. The first-order valence-corrected chi connectivity index (χ1v) is 20.4. The number of piperazine rings is 1. The van der Waals surface area contributed by atoms with Crippen molar-refractivity contribution >= 4 is 39.0 Å². The Morgan fingerprint density at radius 1 is 0.982 bits per heavy atom.